The zero-order valence-electron chi connectivity index (χ0n) is 11.6. The molecule has 2 rings (SSSR count). The number of fused-ring (bicyclic) bond motifs is 1. The Hall–Kier alpha value is -1.81. The largest absolute Gasteiger partial charge is 0.491 e. The molecule has 0 spiro atoms. The van der Waals surface area contributed by atoms with E-state index >= 15 is 0 Å². The van der Waals surface area contributed by atoms with Crippen LogP contribution >= 0.6 is 0 Å². The molecule has 1 heterocycles. The number of hydrogen-bond donors (Lipinski definition) is 2. The monoisotopic (exact) mass is 259 g/mol. The third kappa shape index (κ3) is 2.79. The van der Waals surface area contributed by atoms with E-state index in [1.807, 2.05) is 25.1 Å². The Morgan fingerprint density at radius 1 is 1.21 bits per heavy atom. The fraction of sp³-hybridized carbons (Fsp3) is 0.400. The lowest BCUT2D eigenvalue weighted by Gasteiger charge is -2.15. The summed E-state index contributed by atoms with van der Waals surface area (Å²) >= 11 is 0. The lowest BCUT2D eigenvalue weighted by atomic mass is 10.1. The normalized spacial score (nSPS) is 10.7. The number of nitrogens with two attached hydrogens (primary N) is 1. The summed E-state index contributed by atoms with van der Waals surface area (Å²) in [5.74, 6) is 7.19. The van der Waals surface area contributed by atoms with Crippen LogP contribution in [0.5, 0.6) is 5.75 Å². The zero-order chi connectivity index (χ0) is 13.7. The van der Waals surface area contributed by atoms with E-state index in [9.17, 15) is 0 Å². The van der Waals surface area contributed by atoms with Gasteiger partial charge >= 0.3 is 0 Å². The van der Waals surface area contributed by atoms with Crippen molar-refractivity contribution in [3.63, 3.8) is 0 Å². The fourth-order valence-electron chi connectivity index (χ4n) is 2.22. The van der Waals surface area contributed by atoms with Crippen LogP contribution in [0.2, 0.25) is 0 Å². The molecular weight excluding hydrogens is 238 g/mol. The average Bonchev–Trinajstić information content (AvgIpc) is 2.46. The first-order chi connectivity index (χ1) is 9.31. The number of nitrogens with zero attached hydrogens (tertiary/aromatic N) is 1. The van der Waals surface area contributed by atoms with Crippen molar-refractivity contribution in [2.24, 2.45) is 5.84 Å². The Morgan fingerprint density at radius 2 is 1.95 bits per heavy atom. The molecule has 4 heteroatoms. The Bertz CT molecular complexity index is 554. The highest BCUT2D eigenvalue weighted by atomic mass is 16.5. The van der Waals surface area contributed by atoms with E-state index in [1.165, 1.54) is 0 Å². The molecule has 2 aromatic rings. The molecule has 1 aromatic carbocycles. The fourth-order valence-corrected chi connectivity index (χ4v) is 2.22. The van der Waals surface area contributed by atoms with Gasteiger partial charge in [-0.3, -0.25) is 0 Å². The van der Waals surface area contributed by atoms with Crippen molar-refractivity contribution in [2.45, 2.75) is 33.1 Å². The van der Waals surface area contributed by atoms with E-state index in [1.54, 1.807) is 0 Å². The number of unbranched alkanes of at least 4 members (excludes halogenated alkanes) is 1. The van der Waals surface area contributed by atoms with Crippen molar-refractivity contribution in [3.8, 4) is 5.75 Å². The second kappa shape index (κ2) is 6.38. The first kappa shape index (κ1) is 13.6. The molecule has 0 bridgehead atoms. The number of hydrazine groups is 1. The van der Waals surface area contributed by atoms with Crippen molar-refractivity contribution in [2.75, 3.05) is 12.0 Å². The zero-order valence-corrected chi connectivity index (χ0v) is 11.6. The topological polar surface area (TPSA) is 60.2 Å². The number of aryl methyl sites for hydroxylation is 1. The van der Waals surface area contributed by atoms with Gasteiger partial charge in [-0.15, -0.1) is 0 Å². The summed E-state index contributed by atoms with van der Waals surface area (Å²) in [6, 6.07) is 8.04. The van der Waals surface area contributed by atoms with Gasteiger partial charge in [-0.05, 0) is 19.8 Å². The Kier molecular flexibility index (Phi) is 4.58. The summed E-state index contributed by atoms with van der Waals surface area (Å²) in [4.78, 5) is 4.61. The maximum absolute atomic E-state index is 5.82. The first-order valence-corrected chi connectivity index (χ1v) is 6.82. The molecule has 0 aliphatic rings. The van der Waals surface area contributed by atoms with Gasteiger partial charge in [-0.25, -0.2) is 10.8 Å². The van der Waals surface area contributed by atoms with E-state index in [4.69, 9.17) is 10.6 Å². The minimum absolute atomic E-state index is 0.639. The van der Waals surface area contributed by atoms with Crippen LogP contribution in [0.1, 0.15) is 32.4 Å². The van der Waals surface area contributed by atoms with Crippen molar-refractivity contribution in [1.82, 2.24) is 4.98 Å². The summed E-state index contributed by atoms with van der Waals surface area (Å²) in [6.45, 7) is 4.80. The van der Waals surface area contributed by atoms with Crippen LogP contribution in [0.4, 0.5) is 5.82 Å². The molecule has 1 aromatic heterocycles. The molecule has 4 nitrogen and oxygen atoms in total. The van der Waals surface area contributed by atoms with E-state index in [0.29, 0.717) is 12.4 Å². The molecule has 0 saturated carbocycles. The summed E-state index contributed by atoms with van der Waals surface area (Å²) in [5, 5.41) is 2.06. The van der Waals surface area contributed by atoms with E-state index < -0.39 is 0 Å². The minimum Gasteiger partial charge on any atom is -0.491 e. The standard InChI is InChI=1S/C15H21N3O/c1-3-5-10-13-14(19-4-2)11-8-6-7-9-12(11)15(17-13)18-16/h6-9H,3-5,10,16H2,1-2H3,(H,17,18). The quantitative estimate of drug-likeness (QED) is 0.617. The van der Waals surface area contributed by atoms with Gasteiger partial charge in [0.05, 0.1) is 12.3 Å². The molecule has 0 fully saturated rings. The number of rotatable bonds is 6. The van der Waals surface area contributed by atoms with Crippen molar-refractivity contribution >= 4 is 16.6 Å². The summed E-state index contributed by atoms with van der Waals surface area (Å²) in [7, 11) is 0. The highest BCUT2D eigenvalue weighted by Crippen LogP contribution is 2.33. The molecule has 19 heavy (non-hydrogen) atoms. The third-order valence-electron chi connectivity index (χ3n) is 3.13. The number of nitrogens with one attached hydrogen (secondary N) is 1. The summed E-state index contributed by atoms with van der Waals surface area (Å²) in [5.41, 5.74) is 3.67. The second-order valence-electron chi connectivity index (χ2n) is 4.46. The van der Waals surface area contributed by atoms with Crippen LogP contribution in [-0.4, -0.2) is 11.6 Å². The molecule has 0 unspecified atom stereocenters. The van der Waals surface area contributed by atoms with Crippen LogP contribution in [0.3, 0.4) is 0 Å². The molecular formula is C15H21N3O. The van der Waals surface area contributed by atoms with E-state index in [2.05, 4.69) is 23.4 Å². The summed E-state index contributed by atoms with van der Waals surface area (Å²) in [6.07, 6.45) is 3.13. The van der Waals surface area contributed by atoms with E-state index in [-0.39, 0.29) is 0 Å². The predicted molar refractivity (Wildman–Crippen MR) is 79.3 cm³/mol. The van der Waals surface area contributed by atoms with E-state index in [0.717, 1.165) is 41.5 Å². The van der Waals surface area contributed by atoms with Crippen molar-refractivity contribution in [3.05, 3.63) is 30.0 Å². The van der Waals surface area contributed by atoms with Crippen LogP contribution in [0.15, 0.2) is 24.3 Å². The number of nitrogen functional groups attached to an aromatic ring is 1. The van der Waals surface area contributed by atoms with Gasteiger partial charge in [0.1, 0.15) is 11.6 Å². The molecule has 0 amide bonds. The van der Waals surface area contributed by atoms with Gasteiger partial charge in [0.25, 0.3) is 0 Å². The minimum atomic E-state index is 0.639. The molecule has 102 valence electrons. The van der Waals surface area contributed by atoms with Gasteiger partial charge in [0, 0.05) is 10.8 Å². The van der Waals surface area contributed by atoms with Gasteiger partial charge < -0.3 is 10.2 Å². The van der Waals surface area contributed by atoms with Crippen molar-refractivity contribution < 1.29 is 4.74 Å². The maximum Gasteiger partial charge on any atom is 0.148 e. The highest BCUT2D eigenvalue weighted by molar-refractivity contribution is 5.96. The first-order valence-electron chi connectivity index (χ1n) is 6.82. The number of benzene rings is 1. The molecule has 0 saturated heterocycles. The van der Waals surface area contributed by atoms with Gasteiger partial charge in [0.15, 0.2) is 0 Å². The van der Waals surface area contributed by atoms with Gasteiger partial charge in [0.2, 0.25) is 0 Å². The molecule has 0 radical (unpaired) electrons. The van der Waals surface area contributed by atoms with Crippen LogP contribution in [-0.2, 0) is 6.42 Å². The smallest absolute Gasteiger partial charge is 0.148 e. The van der Waals surface area contributed by atoms with Crippen LogP contribution in [0, 0.1) is 0 Å². The number of hydrogen-bond acceptors (Lipinski definition) is 4. The second-order valence-corrected chi connectivity index (χ2v) is 4.46. The number of aromatic nitrogens is 1. The molecule has 3 N–H and O–H groups in total. The lowest BCUT2D eigenvalue weighted by Crippen LogP contribution is -2.11. The van der Waals surface area contributed by atoms with Crippen molar-refractivity contribution in [1.29, 1.82) is 0 Å². The molecule has 0 atom stereocenters. The highest BCUT2D eigenvalue weighted by Gasteiger charge is 2.13. The number of anilines is 1. The molecule has 0 aliphatic carbocycles. The average molecular weight is 259 g/mol. The van der Waals surface area contributed by atoms with Crippen LogP contribution < -0.4 is 16.0 Å². The Balaban J connectivity index is 2.61. The number of pyridine rings is 1. The Morgan fingerprint density at radius 3 is 2.58 bits per heavy atom. The van der Waals surface area contributed by atoms with Crippen LogP contribution in [0.25, 0.3) is 10.8 Å². The maximum atomic E-state index is 5.82. The van der Waals surface area contributed by atoms with Gasteiger partial charge in [-0.2, -0.15) is 0 Å². The third-order valence-corrected chi connectivity index (χ3v) is 3.13. The number of ether oxygens (including phenoxy) is 1. The lowest BCUT2D eigenvalue weighted by molar-refractivity contribution is 0.338. The van der Waals surface area contributed by atoms with Gasteiger partial charge in [-0.1, -0.05) is 37.6 Å². The molecule has 0 aliphatic heterocycles. The summed E-state index contributed by atoms with van der Waals surface area (Å²) < 4.78 is 5.82. The Labute approximate surface area is 113 Å². The predicted octanol–water partition coefficient (Wildman–Crippen LogP) is 3.26. The SMILES string of the molecule is CCCCc1nc(NN)c2ccccc2c1OCC.